The highest BCUT2D eigenvalue weighted by molar-refractivity contribution is 9.10. The molecule has 0 saturated carbocycles. The van der Waals surface area contributed by atoms with Crippen molar-refractivity contribution in [3.63, 3.8) is 0 Å². The molecule has 8 heteroatoms. The van der Waals surface area contributed by atoms with Crippen molar-refractivity contribution in [1.82, 2.24) is 19.3 Å². The Labute approximate surface area is 126 Å². The van der Waals surface area contributed by atoms with Crippen LogP contribution in [0.25, 0.3) is 22.0 Å². The molecule has 0 saturated heterocycles. The Kier molecular flexibility index (Phi) is 3.27. The van der Waals surface area contributed by atoms with Gasteiger partial charge in [0.1, 0.15) is 11.1 Å². The van der Waals surface area contributed by atoms with Crippen LogP contribution >= 0.6 is 15.9 Å². The number of halogens is 4. The van der Waals surface area contributed by atoms with Crippen molar-refractivity contribution < 1.29 is 13.2 Å². The van der Waals surface area contributed by atoms with E-state index in [0.717, 1.165) is 21.1 Å². The number of hydrogen-bond donors (Lipinski definition) is 0. The van der Waals surface area contributed by atoms with E-state index in [9.17, 15) is 13.2 Å². The molecule has 0 atom stereocenters. The summed E-state index contributed by atoms with van der Waals surface area (Å²) in [5.74, 6) is 0. The van der Waals surface area contributed by atoms with E-state index in [2.05, 4.69) is 26.0 Å². The molecular weight excluding hydrogens is 349 g/mol. The van der Waals surface area contributed by atoms with Crippen molar-refractivity contribution in [2.24, 2.45) is 7.05 Å². The van der Waals surface area contributed by atoms with Crippen LogP contribution in [0.1, 0.15) is 0 Å². The lowest BCUT2D eigenvalue weighted by atomic mass is 10.1. The fourth-order valence-corrected chi connectivity index (χ4v) is 2.59. The van der Waals surface area contributed by atoms with E-state index < -0.39 is 12.7 Å². The van der Waals surface area contributed by atoms with Gasteiger partial charge in [-0.3, -0.25) is 4.68 Å². The molecule has 3 heterocycles. The summed E-state index contributed by atoms with van der Waals surface area (Å²) in [6.45, 7) is -1.09. The first kappa shape index (κ1) is 14.1. The molecule has 0 aliphatic rings. The zero-order valence-electron chi connectivity index (χ0n) is 10.9. The second-order valence-corrected chi connectivity index (χ2v) is 5.53. The third-order valence-electron chi connectivity index (χ3n) is 3.13. The van der Waals surface area contributed by atoms with Crippen LogP contribution in [0.15, 0.2) is 35.5 Å². The van der Waals surface area contributed by atoms with E-state index in [1.165, 1.54) is 12.4 Å². The summed E-state index contributed by atoms with van der Waals surface area (Å²) < 4.78 is 40.6. The lowest BCUT2D eigenvalue weighted by Crippen LogP contribution is -2.17. The molecule has 3 aromatic rings. The highest BCUT2D eigenvalue weighted by atomic mass is 79.9. The Morgan fingerprint density at radius 2 is 2.00 bits per heavy atom. The lowest BCUT2D eigenvalue weighted by Gasteiger charge is -2.04. The molecule has 0 bridgehead atoms. The van der Waals surface area contributed by atoms with Crippen molar-refractivity contribution in [2.45, 2.75) is 12.7 Å². The first-order chi connectivity index (χ1) is 9.83. The molecule has 0 aliphatic carbocycles. The minimum Gasteiger partial charge on any atom is -0.349 e. The summed E-state index contributed by atoms with van der Waals surface area (Å²) in [5.41, 5.74) is 2.36. The van der Waals surface area contributed by atoms with E-state index in [-0.39, 0.29) is 0 Å². The first-order valence-electron chi connectivity index (χ1n) is 6.03. The predicted molar refractivity (Wildman–Crippen MR) is 75.7 cm³/mol. The van der Waals surface area contributed by atoms with Crippen LogP contribution in [0.3, 0.4) is 0 Å². The number of aromatic nitrogens is 4. The largest absolute Gasteiger partial charge is 0.408 e. The number of fused-ring (bicyclic) bond motifs is 1. The van der Waals surface area contributed by atoms with Crippen LogP contribution < -0.4 is 0 Å². The molecular formula is C13H10BrF3N4. The van der Waals surface area contributed by atoms with Gasteiger partial charge in [-0.15, -0.1) is 0 Å². The van der Waals surface area contributed by atoms with Gasteiger partial charge in [0.25, 0.3) is 0 Å². The number of pyridine rings is 1. The molecule has 0 aromatic carbocycles. The normalized spacial score (nSPS) is 12.2. The summed E-state index contributed by atoms with van der Waals surface area (Å²) in [6, 6.07) is 1.84. The Morgan fingerprint density at radius 1 is 1.24 bits per heavy atom. The highest BCUT2D eigenvalue weighted by Crippen LogP contribution is 2.31. The SMILES string of the molecule is Cn1cc(-c2cnn(CC(F)(F)F)c2)c2cc(Br)ncc21. The maximum Gasteiger partial charge on any atom is 0.408 e. The van der Waals surface area contributed by atoms with Crippen molar-refractivity contribution in [3.05, 3.63) is 35.5 Å². The summed E-state index contributed by atoms with van der Waals surface area (Å²) in [7, 11) is 1.86. The Hall–Kier alpha value is -1.83. The topological polar surface area (TPSA) is 35.6 Å². The molecule has 4 nitrogen and oxygen atoms in total. The molecule has 0 fully saturated rings. The van der Waals surface area contributed by atoms with Crippen molar-refractivity contribution in [1.29, 1.82) is 0 Å². The van der Waals surface area contributed by atoms with E-state index in [0.29, 0.717) is 10.2 Å². The van der Waals surface area contributed by atoms with Gasteiger partial charge in [0, 0.05) is 36.0 Å². The third kappa shape index (κ3) is 2.80. The van der Waals surface area contributed by atoms with Crippen LogP contribution in [0.5, 0.6) is 0 Å². The van der Waals surface area contributed by atoms with Crippen molar-refractivity contribution >= 4 is 26.8 Å². The quantitative estimate of drug-likeness (QED) is 0.654. The van der Waals surface area contributed by atoms with Crippen LogP contribution in [-0.2, 0) is 13.6 Å². The fourth-order valence-electron chi connectivity index (χ4n) is 2.26. The first-order valence-corrected chi connectivity index (χ1v) is 6.83. The Balaban J connectivity index is 2.07. The second-order valence-electron chi connectivity index (χ2n) is 4.72. The van der Waals surface area contributed by atoms with Gasteiger partial charge >= 0.3 is 6.18 Å². The molecule has 21 heavy (non-hydrogen) atoms. The average molecular weight is 359 g/mol. The minimum absolute atomic E-state index is 0.642. The van der Waals surface area contributed by atoms with Gasteiger partial charge in [-0.05, 0) is 22.0 Å². The van der Waals surface area contributed by atoms with Gasteiger partial charge < -0.3 is 4.57 Å². The third-order valence-corrected chi connectivity index (χ3v) is 3.56. The van der Waals surface area contributed by atoms with Crippen molar-refractivity contribution in [3.8, 4) is 11.1 Å². The van der Waals surface area contributed by atoms with Crippen LogP contribution in [0.4, 0.5) is 13.2 Å². The molecule has 3 aromatic heterocycles. The fraction of sp³-hybridized carbons (Fsp3) is 0.231. The van der Waals surface area contributed by atoms with Gasteiger partial charge in [0.2, 0.25) is 0 Å². The smallest absolute Gasteiger partial charge is 0.349 e. The molecule has 0 amide bonds. The van der Waals surface area contributed by atoms with Gasteiger partial charge in [0.05, 0.1) is 17.9 Å². The van der Waals surface area contributed by atoms with Crippen molar-refractivity contribution in [2.75, 3.05) is 0 Å². The Morgan fingerprint density at radius 3 is 2.71 bits per heavy atom. The molecule has 3 rings (SSSR count). The van der Waals surface area contributed by atoms with E-state index in [4.69, 9.17) is 0 Å². The molecule has 0 N–H and O–H groups in total. The summed E-state index contributed by atoms with van der Waals surface area (Å²) in [5, 5.41) is 4.68. The lowest BCUT2D eigenvalue weighted by molar-refractivity contribution is -0.142. The number of rotatable bonds is 2. The number of aryl methyl sites for hydroxylation is 1. The minimum atomic E-state index is -4.28. The molecule has 0 spiro atoms. The number of alkyl halides is 3. The summed E-state index contributed by atoms with van der Waals surface area (Å²) in [4.78, 5) is 4.16. The van der Waals surface area contributed by atoms with Crippen LogP contribution in [-0.4, -0.2) is 25.5 Å². The van der Waals surface area contributed by atoms with Crippen LogP contribution in [0, 0.1) is 0 Å². The van der Waals surface area contributed by atoms with Gasteiger partial charge in [-0.2, -0.15) is 18.3 Å². The van der Waals surface area contributed by atoms with E-state index in [1.807, 2.05) is 23.9 Å². The number of nitrogens with zero attached hydrogens (tertiary/aromatic N) is 4. The standard InChI is InChI=1S/C13H10BrF3N4/c1-20-6-10(9-2-12(14)18-4-11(9)20)8-3-19-21(5-8)7-13(15,16)17/h2-6H,7H2,1H3. The summed E-state index contributed by atoms with van der Waals surface area (Å²) >= 11 is 3.30. The maximum atomic E-state index is 12.4. The highest BCUT2D eigenvalue weighted by Gasteiger charge is 2.28. The predicted octanol–water partition coefficient (Wildman–Crippen LogP) is 3.76. The monoisotopic (exact) mass is 358 g/mol. The Bertz CT molecular complexity index is 803. The molecule has 110 valence electrons. The second kappa shape index (κ2) is 4.87. The van der Waals surface area contributed by atoms with Gasteiger partial charge in [0.15, 0.2) is 0 Å². The molecule has 0 aliphatic heterocycles. The zero-order chi connectivity index (χ0) is 15.2. The molecule has 0 radical (unpaired) electrons. The van der Waals surface area contributed by atoms with Crippen LogP contribution in [0.2, 0.25) is 0 Å². The van der Waals surface area contributed by atoms with Gasteiger partial charge in [-0.25, -0.2) is 4.98 Å². The molecule has 0 unspecified atom stereocenters. The number of hydrogen-bond acceptors (Lipinski definition) is 2. The van der Waals surface area contributed by atoms with E-state index in [1.54, 1.807) is 6.20 Å². The zero-order valence-corrected chi connectivity index (χ0v) is 12.5. The summed E-state index contributed by atoms with van der Waals surface area (Å²) in [6.07, 6.45) is 2.12. The van der Waals surface area contributed by atoms with Gasteiger partial charge in [-0.1, -0.05) is 0 Å². The average Bonchev–Trinajstić information content (AvgIpc) is 2.92. The van der Waals surface area contributed by atoms with E-state index >= 15 is 0 Å². The maximum absolute atomic E-state index is 12.4.